The van der Waals surface area contributed by atoms with E-state index in [2.05, 4.69) is 20.3 Å². The van der Waals surface area contributed by atoms with Crippen LogP contribution in [0.25, 0.3) is 11.0 Å². The number of benzene rings is 1. The third-order valence-electron chi connectivity index (χ3n) is 5.17. The average molecular weight is 451 g/mol. The van der Waals surface area contributed by atoms with Crippen LogP contribution < -0.4 is 14.8 Å². The van der Waals surface area contributed by atoms with Gasteiger partial charge in [0.05, 0.1) is 38.0 Å². The normalized spacial score (nSPS) is 16.2. The molecule has 3 heterocycles. The van der Waals surface area contributed by atoms with Gasteiger partial charge in [-0.2, -0.15) is 23.1 Å². The van der Waals surface area contributed by atoms with E-state index >= 15 is 0 Å². The molecular formula is C21H24F3N5O3. The summed E-state index contributed by atoms with van der Waals surface area (Å²) in [4.78, 5) is 13.2. The van der Waals surface area contributed by atoms with E-state index in [4.69, 9.17) is 14.2 Å². The summed E-state index contributed by atoms with van der Waals surface area (Å²) in [5.41, 5.74) is 1.11. The van der Waals surface area contributed by atoms with Crippen LogP contribution in [0.3, 0.4) is 0 Å². The van der Waals surface area contributed by atoms with Crippen LogP contribution in [0.4, 0.5) is 24.8 Å². The molecule has 1 unspecified atom stereocenters. The van der Waals surface area contributed by atoms with Gasteiger partial charge in [-0.05, 0) is 30.7 Å². The SMILES string of the molecule is CCOc1nc(Nc2ccc(C(N3CCOCC3)C(F)(F)F)cc2OC)nc2[nH]ccc12. The van der Waals surface area contributed by atoms with Crippen molar-refractivity contribution in [2.45, 2.75) is 19.1 Å². The number of nitrogens with zero attached hydrogens (tertiary/aromatic N) is 3. The number of aromatic nitrogens is 3. The molecule has 1 aromatic carbocycles. The highest BCUT2D eigenvalue weighted by Crippen LogP contribution is 2.41. The van der Waals surface area contributed by atoms with Gasteiger partial charge in [0, 0.05) is 19.3 Å². The molecule has 32 heavy (non-hydrogen) atoms. The maximum absolute atomic E-state index is 13.9. The number of halogens is 3. The van der Waals surface area contributed by atoms with Crippen LogP contribution in [0.5, 0.6) is 11.6 Å². The van der Waals surface area contributed by atoms with Crippen molar-refractivity contribution in [1.29, 1.82) is 0 Å². The first-order chi connectivity index (χ1) is 15.4. The van der Waals surface area contributed by atoms with E-state index in [1.54, 1.807) is 6.20 Å². The van der Waals surface area contributed by atoms with Gasteiger partial charge in [-0.15, -0.1) is 0 Å². The molecule has 172 valence electrons. The zero-order chi connectivity index (χ0) is 22.7. The minimum Gasteiger partial charge on any atom is -0.495 e. The molecule has 2 N–H and O–H groups in total. The van der Waals surface area contributed by atoms with Crippen LogP contribution >= 0.6 is 0 Å². The van der Waals surface area contributed by atoms with Gasteiger partial charge in [-0.1, -0.05) is 6.07 Å². The molecule has 2 aromatic heterocycles. The maximum Gasteiger partial charge on any atom is 0.408 e. The summed E-state index contributed by atoms with van der Waals surface area (Å²) in [5, 5.41) is 3.76. The first-order valence-electron chi connectivity index (χ1n) is 10.2. The Labute approximate surface area is 182 Å². The van der Waals surface area contributed by atoms with Crippen molar-refractivity contribution in [1.82, 2.24) is 19.9 Å². The van der Waals surface area contributed by atoms with Crippen molar-refractivity contribution in [3.63, 3.8) is 0 Å². The number of rotatable bonds is 7. The van der Waals surface area contributed by atoms with Gasteiger partial charge in [0.2, 0.25) is 11.8 Å². The molecule has 0 aliphatic carbocycles. The van der Waals surface area contributed by atoms with Gasteiger partial charge < -0.3 is 24.5 Å². The summed E-state index contributed by atoms with van der Waals surface area (Å²) >= 11 is 0. The first kappa shape index (κ1) is 22.2. The quantitative estimate of drug-likeness (QED) is 0.561. The van der Waals surface area contributed by atoms with Crippen LogP contribution in [0.1, 0.15) is 18.5 Å². The minimum absolute atomic E-state index is 0.0949. The Bertz CT molecular complexity index is 1070. The number of hydrogen-bond acceptors (Lipinski definition) is 7. The number of anilines is 2. The summed E-state index contributed by atoms with van der Waals surface area (Å²) in [7, 11) is 1.41. The predicted molar refractivity (Wildman–Crippen MR) is 113 cm³/mol. The van der Waals surface area contributed by atoms with E-state index in [0.717, 1.165) is 5.39 Å². The molecule has 11 heteroatoms. The topological polar surface area (TPSA) is 84.5 Å². The Morgan fingerprint density at radius 2 is 2.00 bits per heavy atom. The van der Waals surface area contributed by atoms with Crippen molar-refractivity contribution in [2.24, 2.45) is 0 Å². The fourth-order valence-electron chi connectivity index (χ4n) is 3.76. The Morgan fingerprint density at radius 3 is 2.69 bits per heavy atom. The molecule has 3 aromatic rings. The molecule has 4 rings (SSSR count). The molecule has 0 bridgehead atoms. The van der Waals surface area contributed by atoms with Gasteiger partial charge >= 0.3 is 6.18 Å². The number of nitrogens with one attached hydrogen (secondary N) is 2. The summed E-state index contributed by atoms with van der Waals surface area (Å²) in [6, 6.07) is 4.44. The molecular weight excluding hydrogens is 427 g/mol. The van der Waals surface area contributed by atoms with Crippen molar-refractivity contribution >= 4 is 22.7 Å². The van der Waals surface area contributed by atoms with E-state index in [-0.39, 0.29) is 43.6 Å². The van der Waals surface area contributed by atoms with Crippen molar-refractivity contribution in [3.8, 4) is 11.6 Å². The largest absolute Gasteiger partial charge is 0.495 e. The first-order valence-corrected chi connectivity index (χ1v) is 10.2. The maximum atomic E-state index is 13.9. The second-order valence-corrected chi connectivity index (χ2v) is 7.20. The number of morpholine rings is 1. The van der Waals surface area contributed by atoms with Crippen LogP contribution in [0.15, 0.2) is 30.5 Å². The lowest BCUT2D eigenvalue weighted by molar-refractivity contribution is -0.194. The minimum atomic E-state index is -4.44. The highest BCUT2D eigenvalue weighted by atomic mass is 19.4. The number of hydrogen-bond donors (Lipinski definition) is 2. The number of aromatic amines is 1. The fraction of sp³-hybridized carbons (Fsp3) is 0.429. The highest BCUT2D eigenvalue weighted by molar-refractivity contribution is 5.82. The highest BCUT2D eigenvalue weighted by Gasteiger charge is 2.45. The monoisotopic (exact) mass is 451 g/mol. The smallest absolute Gasteiger partial charge is 0.408 e. The van der Waals surface area contributed by atoms with Crippen LogP contribution in [0, 0.1) is 0 Å². The van der Waals surface area contributed by atoms with Crippen molar-refractivity contribution < 1.29 is 27.4 Å². The van der Waals surface area contributed by atoms with Gasteiger partial charge in [-0.25, -0.2) is 0 Å². The zero-order valence-corrected chi connectivity index (χ0v) is 17.7. The fourth-order valence-corrected chi connectivity index (χ4v) is 3.76. The van der Waals surface area contributed by atoms with Crippen LogP contribution in [0.2, 0.25) is 0 Å². The number of methoxy groups -OCH3 is 1. The lowest BCUT2D eigenvalue weighted by Crippen LogP contribution is -2.44. The summed E-state index contributed by atoms with van der Waals surface area (Å²) < 4.78 is 58.0. The van der Waals surface area contributed by atoms with Gasteiger partial charge in [-0.3, -0.25) is 4.90 Å². The lowest BCUT2D eigenvalue weighted by Gasteiger charge is -2.36. The summed E-state index contributed by atoms with van der Waals surface area (Å²) in [6.07, 6.45) is -2.71. The van der Waals surface area contributed by atoms with E-state index in [9.17, 15) is 13.2 Å². The van der Waals surface area contributed by atoms with Gasteiger partial charge in [0.1, 0.15) is 17.4 Å². The Kier molecular flexibility index (Phi) is 6.38. The zero-order valence-electron chi connectivity index (χ0n) is 17.7. The lowest BCUT2D eigenvalue weighted by atomic mass is 10.0. The van der Waals surface area contributed by atoms with E-state index in [0.29, 0.717) is 23.8 Å². The number of fused-ring (bicyclic) bond motifs is 1. The number of ether oxygens (including phenoxy) is 3. The van der Waals surface area contributed by atoms with Crippen molar-refractivity contribution in [3.05, 3.63) is 36.0 Å². The Morgan fingerprint density at radius 1 is 1.22 bits per heavy atom. The molecule has 1 fully saturated rings. The molecule has 0 spiro atoms. The van der Waals surface area contributed by atoms with E-state index in [1.807, 2.05) is 13.0 Å². The third-order valence-corrected chi connectivity index (χ3v) is 5.17. The summed E-state index contributed by atoms with van der Waals surface area (Å²) in [6.45, 7) is 3.22. The molecule has 1 aliphatic rings. The molecule has 1 saturated heterocycles. The number of alkyl halides is 3. The molecule has 8 nitrogen and oxygen atoms in total. The van der Waals surface area contributed by atoms with Gasteiger partial charge in [0.25, 0.3) is 0 Å². The molecule has 0 saturated carbocycles. The second kappa shape index (κ2) is 9.21. The van der Waals surface area contributed by atoms with Crippen LogP contribution in [-0.4, -0.2) is 66.0 Å². The molecule has 1 aliphatic heterocycles. The standard InChI is InChI=1S/C21H24F3N5O3/c1-3-32-19-14-6-7-25-18(14)27-20(28-19)26-15-5-4-13(12-16(15)30-2)17(21(22,23)24)29-8-10-31-11-9-29/h4-7,12,17H,3,8-11H2,1-2H3,(H2,25,26,27,28). The van der Waals surface area contributed by atoms with E-state index < -0.39 is 12.2 Å². The Balaban J connectivity index is 1.66. The Hall–Kier alpha value is -3.05. The van der Waals surface area contributed by atoms with Crippen LogP contribution in [-0.2, 0) is 4.74 Å². The average Bonchev–Trinajstić information content (AvgIpc) is 3.24. The number of H-pyrrole nitrogens is 1. The molecule has 1 atom stereocenters. The van der Waals surface area contributed by atoms with Gasteiger partial charge in [0.15, 0.2) is 0 Å². The summed E-state index contributed by atoms with van der Waals surface area (Å²) in [5.74, 6) is 0.884. The molecule has 0 radical (unpaired) electrons. The predicted octanol–water partition coefficient (Wildman–Crippen LogP) is 4.04. The molecule has 0 amide bonds. The van der Waals surface area contributed by atoms with E-state index in [1.165, 1.54) is 30.2 Å². The second-order valence-electron chi connectivity index (χ2n) is 7.20. The van der Waals surface area contributed by atoms with Crippen molar-refractivity contribution in [2.75, 3.05) is 45.3 Å². The third kappa shape index (κ3) is 4.58.